The third-order valence-corrected chi connectivity index (χ3v) is 0. The van der Waals surface area contributed by atoms with Crippen molar-refractivity contribution in [2.24, 2.45) is 0 Å². The predicted octanol–water partition coefficient (Wildman–Crippen LogP) is -2.11. The van der Waals surface area contributed by atoms with Gasteiger partial charge in [0.05, 0.1) is 0 Å². The van der Waals surface area contributed by atoms with Gasteiger partial charge in [0.1, 0.15) is 0 Å². The second-order valence-electron chi connectivity index (χ2n) is 0. The van der Waals surface area contributed by atoms with Gasteiger partial charge in [-0.2, -0.15) is 0 Å². The first kappa shape index (κ1) is 45.2. The maximum atomic E-state index is 0. The molecular formula is H5AlCuMnNiSn. The average molecular weight is 328 g/mol. The third kappa shape index (κ3) is 19.8. The minimum absolute atomic E-state index is 0. The zero-order valence-corrected chi connectivity index (χ0v) is 8.85. The van der Waals surface area contributed by atoms with Gasteiger partial charge in [0.2, 0.25) is 0 Å². The first-order chi connectivity index (χ1) is 0. The van der Waals surface area contributed by atoms with Gasteiger partial charge < -0.3 is 0 Å². The summed E-state index contributed by atoms with van der Waals surface area (Å²) >= 11 is 0. The van der Waals surface area contributed by atoms with Crippen molar-refractivity contribution >= 4 is 41.3 Å². The Kier molecular flexibility index (Phi) is 260. The summed E-state index contributed by atoms with van der Waals surface area (Å²) in [5, 5.41) is 0. The number of rotatable bonds is 0. The van der Waals surface area contributed by atoms with Crippen LogP contribution in [0.2, 0.25) is 0 Å². The van der Waals surface area contributed by atoms with E-state index >= 15 is 0 Å². The molecule has 0 nitrogen and oxygen atoms in total. The van der Waals surface area contributed by atoms with E-state index in [1.165, 1.54) is 0 Å². The number of hydrogen-bond acceptors (Lipinski definition) is 0. The van der Waals surface area contributed by atoms with Crippen molar-refractivity contribution in [2.75, 3.05) is 0 Å². The molecule has 0 unspecified atom stereocenters. The predicted molar refractivity (Wildman–Crippen MR) is 18.5 cm³/mol. The molecule has 0 amide bonds. The molecule has 0 rings (SSSR count). The van der Waals surface area contributed by atoms with E-state index in [2.05, 4.69) is 0 Å². The van der Waals surface area contributed by atoms with Gasteiger partial charge in [0, 0.05) is 50.6 Å². The van der Waals surface area contributed by atoms with Crippen LogP contribution in [0.15, 0.2) is 0 Å². The quantitative estimate of drug-likeness (QED) is 0.447. The van der Waals surface area contributed by atoms with E-state index in [9.17, 15) is 0 Å². The fourth-order valence-corrected chi connectivity index (χ4v) is 0. The van der Waals surface area contributed by atoms with E-state index in [1.807, 2.05) is 0 Å². The van der Waals surface area contributed by atoms with Gasteiger partial charge in [0.15, 0.2) is 17.4 Å². The molecule has 0 heterocycles. The molecule has 0 aliphatic heterocycles. The van der Waals surface area contributed by atoms with E-state index in [0.29, 0.717) is 0 Å². The molecule has 0 fully saturated rings. The molecule has 0 bridgehead atoms. The standard InChI is InChI=1S/Al.Cu.Mn.Ni.Sn.5H. The summed E-state index contributed by atoms with van der Waals surface area (Å²) in [4.78, 5) is 0. The normalized spacial score (nSPS) is 0. The van der Waals surface area contributed by atoms with Crippen LogP contribution in [0, 0.1) is 0 Å². The Labute approximate surface area is 90.6 Å². The second kappa shape index (κ2) is 28.8. The van der Waals surface area contributed by atoms with Crippen molar-refractivity contribution in [3.63, 3.8) is 0 Å². The minimum atomic E-state index is 0. The first-order valence-electron chi connectivity index (χ1n) is 0. The van der Waals surface area contributed by atoms with Gasteiger partial charge >= 0.3 is 23.9 Å². The van der Waals surface area contributed by atoms with Crippen LogP contribution in [0.1, 0.15) is 0 Å². The molecule has 5 heavy (non-hydrogen) atoms. The van der Waals surface area contributed by atoms with E-state index in [0.717, 1.165) is 0 Å². The van der Waals surface area contributed by atoms with Crippen LogP contribution in [-0.4, -0.2) is 41.3 Å². The van der Waals surface area contributed by atoms with Crippen molar-refractivity contribution in [1.29, 1.82) is 0 Å². The van der Waals surface area contributed by atoms with Gasteiger partial charge in [-0.3, -0.25) is 0 Å². The number of hydrogen-bond donors (Lipinski definition) is 0. The van der Waals surface area contributed by atoms with Crippen molar-refractivity contribution in [1.82, 2.24) is 0 Å². The summed E-state index contributed by atoms with van der Waals surface area (Å²) in [6.07, 6.45) is 0. The Balaban J connectivity index is 0. The van der Waals surface area contributed by atoms with Gasteiger partial charge in [-0.1, -0.05) is 0 Å². The Bertz CT molecular complexity index is 11.6. The molecule has 4 radical (unpaired) electrons. The summed E-state index contributed by atoms with van der Waals surface area (Å²) in [6, 6.07) is 0. The molecule has 0 saturated carbocycles. The van der Waals surface area contributed by atoms with E-state index in [4.69, 9.17) is 0 Å². The molecule has 0 aromatic rings. The molecule has 0 atom stereocenters. The van der Waals surface area contributed by atoms with E-state index in [-0.39, 0.29) is 91.9 Å². The van der Waals surface area contributed by atoms with Crippen LogP contribution in [0.3, 0.4) is 0 Å². The zero-order chi connectivity index (χ0) is 0. The third-order valence-electron chi connectivity index (χ3n) is 0. The molecule has 0 saturated heterocycles. The summed E-state index contributed by atoms with van der Waals surface area (Å²) < 4.78 is 0. The molecule has 0 N–H and O–H groups in total. The Morgan fingerprint density at radius 1 is 1.00 bits per heavy atom. The molecule has 0 aliphatic rings. The fraction of sp³-hybridized carbons (Fsp3) is 0. The average Bonchev–Trinajstić information content (AvgIpc) is 0. The van der Waals surface area contributed by atoms with Crippen molar-refractivity contribution in [2.45, 2.75) is 0 Å². The summed E-state index contributed by atoms with van der Waals surface area (Å²) in [5.41, 5.74) is 0. The van der Waals surface area contributed by atoms with Crippen LogP contribution in [0.25, 0.3) is 0 Å². The molecule has 0 spiro atoms. The maximum absolute atomic E-state index is 0. The molecule has 0 aromatic heterocycles. The topological polar surface area (TPSA) is 0 Å². The van der Waals surface area contributed by atoms with Gasteiger partial charge in [0.25, 0.3) is 0 Å². The van der Waals surface area contributed by atoms with Crippen LogP contribution < -0.4 is 0 Å². The van der Waals surface area contributed by atoms with Crippen molar-refractivity contribution in [3.8, 4) is 0 Å². The first-order valence-corrected chi connectivity index (χ1v) is 0. The van der Waals surface area contributed by atoms with E-state index < -0.39 is 0 Å². The Morgan fingerprint density at radius 2 is 1.00 bits per heavy atom. The monoisotopic (exact) mass is 328 g/mol. The fourth-order valence-electron chi connectivity index (χ4n) is 0. The van der Waals surface area contributed by atoms with Gasteiger partial charge in [-0.25, -0.2) is 0 Å². The Morgan fingerprint density at radius 3 is 1.00 bits per heavy atom. The second-order valence-corrected chi connectivity index (χ2v) is 0. The van der Waals surface area contributed by atoms with Crippen molar-refractivity contribution in [3.05, 3.63) is 0 Å². The van der Waals surface area contributed by atoms with Crippen LogP contribution in [-0.2, 0) is 50.6 Å². The van der Waals surface area contributed by atoms with E-state index in [1.54, 1.807) is 0 Å². The molecular weight excluding hydrogens is 323 g/mol. The molecule has 40 valence electrons. The summed E-state index contributed by atoms with van der Waals surface area (Å²) in [7, 11) is 0. The van der Waals surface area contributed by atoms with Gasteiger partial charge in [-0.05, 0) is 0 Å². The van der Waals surface area contributed by atoms with Crippen LogP contribution >= 0.6 is 0 Å². The van der Waals surface area contributed by atoms with Crippen LogP contribution in [0.4, 0.5) is 0 Å². The zero-order valence-electron chi connectivity index (χ0n) is 1.70. The SMILES string of the molecule is [AlH3].[Cu].[Mn].[Ni].[SnH2]. The summed E-state index contributed by atoms with van der Waals surface area (Å²) in [6.45, 7) is 0. The summed E-state index contributed by atoms with van der Waals surface area (Å²) in [5.74, 6) is 0. The molecule has 0 aromatic carbocycles. The molecule has 5 heteroatoms. The van der Waals surface area contributed by atoms with Crippen LogP contribution in [0.5, 0.6) is 0 Å². The Hall–Kier alpha value is 2.86. The molecule has 0 aliphatic carbocycles. The van der Waals surface area contributed by atoms with Crippen molar-refractivity contribution < 1.29 is 50.6 Å². The van der Waals surface area contributed by atoms with Gasteiger partial charge in [-0.15, -0.1) is 0 Å².